The summed E-state index contributed by atoms with van der Waals surface area (Å²) in [5.74, 6) is 3.48. The number of hydrogen-bond acceptors (Lipinski definition) is 2. The molecule has 1 aromatic heterocycles. The molecule has 2 N–H and O–H groups in total. The monoisotopic (exact) mass is 336 g/mol. The van der Waals surface area contributed by atoms with Crippen LogP contribution in [0.3, 0.4) is 0 Å². The lowest BCUT2D eigenvalue weighted by atomic mass is 9.54. The third-order valence-corrected chi connectivity index (χ3v) is 6.86. The van der Waals surface area contributed by atoms with E-state index in [1.54, 1.807) is 0 Å². The van der Waals surface area contributed by atoms with Crippen molar-refractivity contribution in [1.82, 2.24) is 15.5 Å². The van der Waals surface area contributed by atoms with Gasteiger partial charge in [0.2, 0.25) is 5.91 Å². The summed E-state index contributed by atoms with van der Waals surface area (Å²) in [4.78, 5) is 12.5. The molecule has 1 heterocycles. The van der Waals surface area contributed by atoms with Crippen LogP contribution in [0.2, 0.25) is 0 Å². The van der Waals surface area contributed by atoms with Gasteiger partial charge in [-0.25, -0.2) is 0 Å². The van der Waals surface area contributed by atoms with Crippen LogP contribution in [-0.2, 0) is 11.2 Å². The summed E-state index contributed by atoms with van der Waals surface area (Å²) in [6.07, 6.45) is 11.2. The Bertz CT molecular complexity index is 781. The number of aromatic nitrogens is 2. The van der Waals surface area contributed by atoms with Gasteiger partial charge in [0.15, 0.2) is 0 Å². The zero-order valence-corrected chi connectivity index (χ0v) is 14.8. The number of hydrogen-bond donors (Lipinski definition) is 2. The van der Waals surface area contributed by atoms with Gasteiger partial charge in [-0.1, -0.05) is 6.07 Å². The largest absolute Gasteiger partial charge is 0.353 e. The number of aromatic amines is 1. The molecule has 4 bridgehead atoms. The number of fused-ring (bicyclic) bond motifs is 1. The first kappa shape index (κ1) is 15.4. The molecular weight excluding hydrogens is 310 g/mol. The molecule has 2 aromatic rings. The Kier molecular flexibility index (Phi) is 3.61. The molecule has 0 saturated heterocycles. The minimum absolute atomic E-state index is 0.113. The van der Waals surface area contributed by atoms with E-state index in [9.17, 15) is 4.79 Å². The maximum absolute atomic E-state index is 12.5. The Hall–Kier alpha value is -1.84. The van der Waals surface area contributed by atoms with E-state index in [0.717, 1.165) is 34.6 Å². The van der Waals surface area contributed by atoms with Gasteiger partial charge >= 0.3 is 0 Å². The van der Waals surface area contributed by atoms with Crippen molar-refractivity contribution >= 4 is 16.8 Å². The highest BCUT2D eigenvalue weighted by atomic mass is 16.1. The van der Waals surface area contributed by atoms with E-state index in [-0.39, 0.29) is 5.91 Å². The molecular formula is C21H26N3O. The number of amides is 1. The molecule has 1 radical (unpaired) electrons. The second-order valence-electron chi connectivity index (χ2n) is 8.62. The topological polar surface area (TPSA) is 57.8 Å². The molecule has 131 valence electrons. The van der Waals surface area contributed by atoms with E-state index in [4.69, 9.17) is 0 Å². The number of carbonyl (C=O) groups excluding carboxylic acids is 1. The third kappa shape index (κ3) is 2.76. The molecule has 25 heavy (non-hydrogen) atoms. The highest BCUT2D eigenvalue weighted by molar-refractivity contribution is 5.86. The van der Waals surface area contributed by atoms with Gasteiger partial charge in [0.05, 0.1) is 18.1 Å². The van der Waals surface area contributed by atoms with Crippen molar-refractivity contribution in [2.45, 2.75) is 51.5 Å². The van der Waals surface area contributed by atoms with Gasteiger partial charge in [-0.05, 0) is 86.3 Å². The molecule has 4 aliphatic carbocycles. The number of carbonyl (C=O) groups is 1. The maximum Gasteiger partial charge on any atom is 0.224 e. The van der Waals surface area contributed by atoms with Crippen molar-refractivity contribution in [3.8, 4) is 0 Å². The first-order valence-electron chi connectivity index (χ1n) is 9.72. The van der Waals surface area contributed by atoms with E-state index in [1.165, 1.54) is 43.2 Å². The highest BCUT2D eigenvalue weighted by Gasteiger charge is 2.48. The molecule has 0 atom stereocenters. The zero-order valence-electron chi connectivity index (χ0n) is 14.8. The van der Waals surface area contributed by atoms with Crippen LogP contribution in [-0.4, -0.2) is 22.1 Å². The van der Waals surface area contributed by atoms with Gasteiger partial charge in [-0.2, -0.15) is 5.10 Å². The van der Waals surface area contributed by atoms with Crippen molar-refractivity contribution in [2.75, 3.05) is 0 Å². The van der Waals surface area contributed by atoms with Crippen molar-refractivity contribution in [3.05, 3.63) is 35.9 Å². The smallest absolute Gasteiger partial charge is 0.224 e. The van der Waals surface area contributed by atoms with Crippen molar-refractivity contribution in [1.29, 1.82) is 0 Å². The normalized spacial score (nSPS) is 33.1. The summed E-state index contributed by atoms with van der Waals surface area (Å²) in [7, 11) is 0. The van der Waals surface area contributed by atoms with Crippen molar-refractivity contribution in [2.24, 2.45) is 23.7 Å². The molecule has 4 fully saturated rings. The summed E-state index contributed by atoms with van der Waals surface area (Å²) in [5.41, 5.74) is 3.44. The summed E-state index contributed by atoms with van der Waals surface area (Å²) in [6, 6.07) is 4.70. The number of H-pyrrole nitrogens is 1. The van der Waals surface area contributed by atoms with Crippen LogP contribution in [0, 0.1) is 37.0 Å². The Morgan fingerprint density at radius 2 is 1.92 bits per heavy atom. The summed E-state index contributed by atoms with van der Waals surface area (Å²) in [5, 5.41) is 11.6. The molecule has 0 spiro atoms. The molecule has 1 amide bonds. The van der Waals surface area contributed by atoms with Gasteiger partial charge in [0.25, 0.3) is 0 Å². The SMILES string of the molecule is Cc1cc(C[CH]C(=O)NC2C3CC4CC(C3)CC2C4)cc2cn[nH]c12. The van der Waals surface area contributed by atoms with E-state index < -0.39 is 0 Å². The van der Waals surface area contributed by atoms with Crippen LogP contribution in [0.15, 0.2) is 18.3 Å². The van der Waals surface area contributed by atoms with E-state index >= 15 is 0 Å². The molecule has 0 aliphatic heterocycles. The van der Waals surface area contributed by atoms with Crippen LogP contribution in [0.4, 0.5) is 0 Å². The number of aryl methyl sites for hydroxylation is 1. The Labute approximate surface area is 148 Å². The van der Waals surface area contributed by atoms with E-state index in [0.29, 0.717) is 12.5 Å². The van der Waals surface area contributed by atoms with Crippen LogP contribution < -0.4 is 5.32 Å². The quantitative estimate of drug-likeness (QED) is 0.897. The number of nitrogens with zero attached hydrogens (tertiary/aromatic N) is 1. The summed E-state index contributed by atoms with van der Waals surface area (Å²) < 4.78 is 0. The Morgan fingerprint density at radius 1 is 1.20 bits per heavy atom. The maximum atomic E-state index is 12.5. The predicted molar refractivity (Wildman–Crippen MR) is 97.8 cm³/mol. The Balaban J connectivity index is 1.22. The summed E-state index contributed by atoms with van der Waals surface area (Å²) >= 11 is 0. The molecule has 4 heteroatoms. The zero-order chi connectivity index (χ0) is 17.0. The molecule has 6 rings (SSSR count). The van der Waals surface area contributed by atoms with E-state index in [1.807, 2.05) is 12.6 Å². The van der Waals surface area contributed by atoms with E-state index in [2.05, 4.69) is 34.6 Å². The highest BCUT2D eigenvalue weighted by Crippen LogP contribution is 2.53. The standard InChI is InChI=1S/C21H26N3O/c1-12-4-13(6-18-11-22-24-20(12)18)2-3-19(25)23-21-16-7-14-5-15(9-16)10-17(21)8-14/h3-4,6,11,14-17,21H,2,5,7-10H2,1H3,(H,22,24)(H,23,25). The van der Waals surface area contributed by atoms with Gasteiger partial charge in [-0.3, -0.25) is 9.89 Å². The molecule has 1 aromatic carbocycles. The third-order valence-electron chi connectivity index (χ3n) is 6.86. The lowest BCUT2D eigenvalue weighted by Gasteiger charge is -2.54. The second-order valence-corrected chi connectivity index (χ2v) is 8.62. The van der Waals surface area contributed by atoms with Gasteiger partial charge in [0.1, 0.15) is 0 Å². The minimum atomic E-state index is 0.113. The van der Waals surface area contributed by atoms with Crippen LogP contribution >= 0.6 is 0 Å². The van der Waals surface area contributed by atoms with Crippen LogP contribution in [0.25, 0.3) is 10.9 Å². The van der Waals surface area contributed by atoms with Gasteiger partial charge in [0, 0.05) is 11.4 Å². The van der Waals surface area contributed by atoms with Crippen molar-refractivity contribution < 1.29 is 4.79 Å². The lowest BCUT2D eigenvalue weighted by molar-refractivity contribution is -0.121. The number of rotatable bonds is 4. The predicted octanol–water partition coefficient (Wildman–Crippen LogP) is 3.56. The Morgan fingerprint density at radius 3 is 2.64 bits per heavy atom. The fourth-order valence-electron chi connectivity index (χ4n) is 6.02. The number of nitrogens with one attached hydrogen (secondary N) is 2. The summed E-state index contributed by atoms with van der Waals surface area (Å²) in [6.45, 7) is 2.08. The number of benzene rings is 1. The van der Waals surface area contributed by atoms with Gasteiger partial charge < -0.3 is 5.32 Å². The lowest BCUT2D eigenvalue weighted by Crippen LogP contribution is -2.55. The second kappa shape index (κ2) is 5.86. The molecule has 4 saturated carbocycles. The fourth-order valence-corrected chi connectivity index (χ4v) is 6.02. The minimum Gasteiger partial charge on any atom is -0.353 e. The molecule has 0 unspecified atom stereocenters. The van der Waals surface area contributed by atoms with Gasteiger partial charge in [-0.15, -0.1) is 0 Å². The average Bonchev–Trinajstić information content (AvgIpc) is 3.05. The molecule has 4 nitrogen and oxygen atoms in total. The fraction of sp³-hybridized carbons (Fsp3) is 0.571. The molecule has 4 aliphatic rings. The van der Waals surface area contributed by atoms with Crippen LogP contribution in [0.1, 0.15) is 43.2 Å². The first-order valence-corrected chi connectivity index (χ1v) is 9.72. The van der Waals surface area contributed by atoms with Crippen molar-refractivity contribution in [3.63, 3.8) is 0 Å². The average molecular weight is 336 g/mol. The first-order chi connectivity index (χ1) is 12.2. The van der Waals surface area contributed by atoms with Crippen LogP contribution in [0.5, 0.6) is 0 Å².